The molecule has 4 saturated carbocycles. The van der Waals surface area contributed by atoms with Crippen molar-refractivity contribution >= 4 is 11.8 Å². The van der Waals surface area contributed by atoms with Gasteiger partial charge in [0.05, 0.1) is 13.0 Å². The van der Waals surface area contributed by atoms with Crippen molar-refractivity contribution in [2.45, 2.75) is 64.4 Å². The zero-order valence-electron chi connectivity index (χ0n) is 18.8. The lowest BCUT2D eigenvalue weighted by Gasteiger charge is -2.60. The van der Waals surface area contributed by atoms with Gasteiger partial charge < -0.3 is 14.9 Å². The van der Waals surface area contributed by atoms with Crippen molar-refractivity contribution in [3.05, 3.63) is 11.6 Å². The molecule has 0 aromatic rings. The molecule has 5 aliphatic rings. The Labute approximate surface area is 184 Å². The molecule has 9 atom stereocenters. The minimum Gasteiger partial charge on any atom is -0.469 e. The standard InChI is InChI=1S/C26H34O5/c1-24-10-7-16(28)13-15(24)14-18(23(29)31-3)21-20(24)8-11-25(2)22(21)17-5-6-19(17)26(25,30)9-4-12-27/h13,17-22,27,30H,5-8,10-12,14H2,1-3H3/t17-,18-,19+,20+,21-,22+,24+,25+,26+/m1/s1. The molecule has 0 unspecified atom stereocenters. The number of allylic oxidation sites excluding steroid dienone is 1. The van der Waals surface area contributed by atoms with Crippen LogP contribution in [-0.2, 0) is 14.3 Å². The van der Waals surface area contributed by atoms with Gasteiger partial charge in [-0.15, -0.1) is 0 Å². The number of esters is 1. The fourth-order valence-electron chi connectivity index (χ4n) is 8.73. The molecule has 0 amide bonds. The smallest absolute Gasteiger partial charge is 0.309 e. The maximum absolute atomic E-state index is 13.1. The lowest BCUT2D eigenvalue weighted by atomic mass is 9.43. The average molecular weight is 427 g/mol. The number of hydrogen-bond acceptors (Lipinski definition) is 5. The van der Waals surface area contributed by atoms with Gasteiger partial charge in [-0.05, 0) is 73.7 Å². The van der Waals surface area contributed by atoms with Crippen molar-refractivity contribution in [1.29, 1.82) is 0 Å². The molecule has 0 heterocycles. The lowest BCUT2D eigenvalue weighted by Crippen LogP contribution is -2.58. The Hall–Kier alpha value is -1.64. The highest BCUT2D eigenvalue weighted by atomic mass is 16.5. The van der Waals surface area contributed by atoms with Crippen molar-refractivity contribution in [2.24, 2.45) is 46.3 Å². The predicted octanol–water partition coefficient (Wildman–Crippen LogP) is 2.89. The summed E-state index contributed by atoms with van der Waals surface area (Å²) >= 11 is 0. The van der Waals surface area contributed by atoms with Gasteiger partial charge in [-0.1, -0.05) is 31.3 Å². The van der Waals surface area contributed by atoms with Crippen LogP contribution in [0.5, 0.6) is 0 Å². The summed E-state index contributed by atoms with van der Waals surface area (Å²) in [7, 11) is 1.46. The molecular weight excluding hydrogens is 392 g/mol. The maximum atomic E-state index is 13.1. The third kappa shape index (κ3) is 2.58. The Bertz CT molecular complexity index is 910. The molecule has 5 heteroatoms. The first-order chi connectivity index (χ1) is 14.7. The minimum absolute atomic E-state index is 0.0683. The van der Waals surface area contributed by atoms with E-state index < -0.39 is 11.0 Å². The van der Waals surface area contributed by atoms with Crippen molar-refractivity contribution < 1.29 is 24.5 Å². The molecule has 0 spiro atoms. The van der Waals surface area contributed by atoms with Crippen LogP contribution in [0.2, 0.25) is 0 Å². The summed E-state index contributed by atoms with van der Waals surface area (Å²) in [6, 6.07) is 0. The van der Waals surface area contributed by atoms with E-state index in [0.29, 0.717) is 24.7 Å². The van der Waals surface area contributed by atoms with Crippen molar-refractivity contribution in [1.82, 2.24) is 0 Å². The Kier molecular flexibility index (Phi) is 4.74. The fraction of sp³-hybridized carbons (Fsp3) is 0.769. The molecule has 4 fully saturated rings. The largest absolute Gasteiger partial charge is 0.469 e. The molecule has 0 bridgehead atoms. The van der Waals surface area contributed by atoms with Crippen LogP contribution < -0.4 is 0 Å². The van der Waals surface area contributed by atoms with E-state index >= 15 is 0 Å². The molecule has 31 heavy (non-hydrogen) atoms. The van der Waals surface area contributed by atoms with Crippen LogP contribution in [0, 0.1) is 58.2 Å². The van der Waals surface area contributed by atoms with Gasteiger partial charge >= 0.3 is 5.97 Å². The second-order valence-electron chi connectivity index (χ2n) is 11.1. The van der Waals surface area contributed by atoms with Gasteiger partial charge in [0.2, 0.25) is 0 Å². The van der Waals surface area contributed by atoms with Gasteiger partial charge in [0.1, 0.15) is 12.2 Å². The number of carbonyl (C=O) groups excluding carboxylic acids is 2. The number of fused-ring (bicyclic) bond motifs is 7. The molecule has 0 aromatic carbocycles. The first-order valence-corrected chi connectivity index (χ1v) is 11.9. The molecule has 0 aliphatic heterocycles. The van der Waals surface area contributed by atoms with Crippen LogP contribution in [0.25, 0.3) is 0 Å². The van der Waals surface area contributed by atoms with Gasteiger partial charge in [0, 0.05) is 17.8 Å². The number of aliphatic hydroxyl groups is 2. The molecular formula is C26H34O5. The summed E-state index contributed by atoms with van der Waals surface area (Å²) < 4.78 is 5.28. The van der Waals surface area contributed by atoms with Gasteiger partial charge in [-0.3, -0.25) is 9.59 Å². The van der Waals surface area contributed by atoms with Gasteiger partial charge in [-0.25, -0.2) is 0 Å². The monoisotopic (exact) mass is 426 g/mol. The Balaban J connectivity index is 1.63. The lowest BCUT2D eigenvalue weighted by molar-refractivity contribution is -0.164. The Morgan fingerprint density at radius 2 is 2.00 bits per heavy atom. The third-order valence-electron chi connectivity index (χ3n) is 10.3. The fourth-order valence-corrected chi connectivity index (χ4v) is 8.73. The summed E-state index contributed by atoms with van der Waals surface area (Å²) in [5, 5.41) is 21.2. The number of ether oxygens (including phenoxy) is 1. The molecule has 168 valence electrons. The highest BCUT2D eigenvalue weighted by Gasteiger charge is 2.74. The van der Waals surface area contributed by atoms with E-state index in [2.05, 4.69) is 25.7 Å². The summed E-state index contributed by atoms with van der Waals surface area (Å²) in [5.41, 5.74) is -0.464. The van der Waals surface area contributed by atoms with Crippen LogP contribution in [0.4, 0.5) is 0 Å². The Morgan fingerprint density at radius 1 is 1.23 bits per heavy atom. The van der Waals surface area contributed by atoms with E-state index in [1.54, 1.807) is 0 Å². The molecule has 5 aliphatic carbocycles. The molecule has 0 radical (unpaired) electrons. The van der Waals surface area contributed by atoms with Gasteiger partial charge in [-0.2, -0.15) is 0 Å². The van der Waals surface area contributed by atoms with Crippen LogP contribution in [0.3, 0.4) is 0 Å². The summed E-state index contributed by atoms with van der Waals surface area (Å²) in [5.74, 6) is 6.64. The number of hydrogen-bond donors (Lipinski definition) is 2. The number of aliphatic hydroxyl groups excluding tert-OH is 1. The zero-order chi connectivity index (χ0) is 22.2. The van der Waals surface area contributed by atoms with E-state index in [-0.39, 0.29) is 47.4 Å². The van der Waals surface area contributed by atoms with Gasteiger partial charge in [0.15, 0.2) is 5.78 Å². The highest BCUT2D eigenvalue weighted by Crippen LogP contribution is 2.74. The highest BCUT2D eigenvalue weighted by molar-refractivity contribution is 5.92. The summed E-state index contributed by atoms with van der Waals surface area (Å²) in [4.78, 5) is 25.3. The minimum atomic E-state index is -1.12. The van der Waals surface area contributed by atoms with Crippen LogP contribution >= 0.6 is 0 Å². The number of methoxy groups -OCH3 is 1. The van der Waals surface area contributed by atoms with E-state index in [1.165, 1.54) is 7.11 Å². The topological polar surface area (TPSA) is 83.8 Å². The first kappa shape index (κ1) is 21.2. The quantitative estimate of drug-likeness (QED) is 0.498. The number of ketones is 1. The predicted molar refractivity (Wildman–Crippen MR) is 114 cm³/mol. The summed E-state index contributed by atoms with van der Waals surface area (Å²) in [6.07, 6.45) is 7.59. The van der Waals surface area contributed by atoms with E-state index in [1.807, 2.05) is 6.08 Å². The van der Waals surface area contributed by atoms with Crippen molar-refractivity contribution in [3.8, 4) is 11.8 Å². The average Bonchev–Trinajstić information content (AvgIpc) is 2.85. The van der Waals surface area contributed by atoms with E-state index in [4.69, 9.17) is 4.74 Å². The molecule has 2 N–H and O–H groups in total. The molecule has 5 rings (SSSR count). The van der Waals surface area contributed by atoms with Gasteiger partial charge in [0.25, 0.3) is 0 Å². The summed E-state index contributed by atoms with van der Waals surface area (Å²) in [6.45, 7) is 4.21. The zero-order valence-corrected chi connectivity index (χ0v) is 18.8. The second-order valence-corrected chi connectivity index (χ2v) is 11.1. The number of rotatable bonds is 1. The third-order valence-corrected chi connectivity index (χ3v) is 10.3. The van der Waals surface area contributed by atoms with E-state index in [9.17, 15) is 19.8 Å². The normalized spacial score (nSPS) is 49.8. The first-order valence-electron chi connectivity index (χ1n) is 11.9. The van der Waals surface area contributed by atoms with Crippen LogP contribution in [0.1, 0.15) is 58.8 Å². The second kappa shape index (κ2) is 6.93. The maximum Gasteiger partial charge on any atom is 0.309 e. The van der Waals surface area contributed by atoms with Crippen LogP contribution in [-0.4, -0.2) is 41.3 Å². The van der Waals surface area contributed by atoms with E-state index in [0.717, 1.165) is 37.7 Å². The SMILES string of the molecule is COC(=O)[C@@H]1CC2=CC(=O)CC[C@]2(C)[C@H]2CC[C@@]3(C)[C@@H]([C@@H]4CC[C@@H]4[C@@]3(O)C#CCO)[C@H]12. The number of carbonyl (C=O) groups is 2. The van der Waals surface area contributed by atoms with Crippen molar-refractivity contribution in [3.63, 3.8) is 0 Å². The van der Waals surface area contributed by atoms with Crippen molar-refractivity contribution in [2.75, 3.05) is 13.7 Å². The molecule has 0 aromatic heterocycles. The Morgan fingerprint density at radius 3 is 2.65 bits per heavy atom. The van der Waals surface area contributed by atoms with Crippen LogP contribution in [0.15, 0.2) is 11.6 Å². The molecule has 5 nitrogen and oxygen atoms in total. The molecule has 0 saturated heterocycles.